The third-order valence-electron chi connectivity index (χ3n) is 7.14. The van der Waals surface area contributed by atoms with Crippen LogP contribution in [-0.4, -0.2) is 63.5 Å². The fraction of sp³-hybridized carbons (Fsp3) is 0.393. The summed E-state index contributed by atoms with van der Waals surface area (Å²) < 4.78 is 17.6. The Balaban J connectivity index is 1.31. The highest BCUT2D eigenvalue weighted by atomic mass is 32.1. The highest BCUT2D eigenvalue weighted by Gasteiger charge is 2.29. The number of thiazole rings is 1. The van der Waals surface area contributed by atoms with Crippen LogP contribution in [0.4, 0.5) is 0 Å². The van der Waals surface area contributed by atoms with Crippen LogP contribution in [0.1, 0.15) is 62.9 Å². The summed E-state index contributed by atoms with van der Waals surface area (Å²) in [6.07, 6.45) is 1.60. The Bertz CT molecular complexity index is 1510. The van der Waals surface area contributed by atoms with Gasteiger partial charge in [0.15, 0.2) is 11.5 Å². The van der Waals surface area contributed by atoms with Crippen LogP contribution in [0.3, 0.4) is 0 Å². The number of benzene rings is 1. The first kappa shape index (κ1) is 26.6. The molecule has 4 aromatic rings. The number of aryl methyl sites for hydroxylation is 2. The fourth-order valence-electron chi connectivity index (χ4n) is 4.99. The molecular weight excluding hydrogens is 518 g/mol. The third kappa shape index (κ3) is 5.18. The van der Waals surface area contributed by atoms with Crippen molar-refractivity contribution in [2.45, 2.75) is 39.5 Å². The summed E-state index contributed by atoms with van der Waals surface area (Å²) in [5.74, 6) is 0.767. The lowest BCUT2D eigenvalue weighted by Gasteiger charge is -2.31. The van der Waals surface area contributed by atoms with E-state index in [0.717, 1.165) is 40.4 Å². The normalized spacial score (nSPS) is 14.0. The zero-order valence-electron chi connectivity index (χ0n) is 22.7. The van der Waals surface area contributed by atoms with Gasteiger partial charge in [-0.05, 0) is 57.4 Å². The molecule has 0 radical (unpaired) electrons. The van der Waals surface area contributed by atoms with Crippen molar-refractivity contribution in [3.8, 4) is 28.3 Å². The molecule has 5 rings (SSSR count). The Labute approximate surface area is 230 Å². The predicted molar refractivity (Wildman–Crippen MR) is 146 cm³/mol. The van der Waals surface area contributed by atoms with Crippen molar-refractivity contribution in [3.63, 3.8) is 0 Å². The van der Waals surface area contributed by atoms with Crippen LogP contribution in [0.25, 0.3) is 22.6 Å². The van der Waals surface area contributed by atoms with Crippen molar-refractivity contribution in [2.24, 2.45) is 7.05 Å². The Kier molecular flexibility index (Phi) is 7.51. The lowest BCUT2D eigenvalue weighted by Crippen LogP contribution is -2.38. The van der Waals surface area contributed by atoms with Crippen LogP contribution in [0.2, 0.25) is 0 Å². The Morgan fingerprint density at radius 2 is 1.95 bits per heavy atom. The first-order chi connectivity index (χ1) is 18.8. The third-order valence-corrected chi connectivity index (χ3v) is 8.14. The van der Waals surface area contributed by atoms with Crippen LogP contribution in [0, 0.1) is 13.8 Å². The number of carbonyl (C=O) groups excluding carboxylic acids is 2. The SMILES string of the molecule is CCOC(=O)c1cc(-c2csc(C3CCN(C(=O)c4cc(OC)ccc4-c4c(C)nn(C)c4C)CC3)n2)on1. The van der Waals surface area contributed by atoms with Crippen LogP contribution in [0.15, 0.2) is 34.2 Å². The van der Waals surface area contributed by atoms with E-state index in [1.165, 1.54) is 0 Å². The van der Waals surface area contributed by atoms with E-state index >= 15 is 0 Å². The molecule has 10 nitrogen and oxygen atoms in total. The number of ether oxygens (including phenoxy) is 2. The minimum absolute atomic E-state index is 0.0158. The Hall–Kier alpha value is -3.99. The van der Waals surface area contributed by atoms with E-state index in [1.54, 1.807) is 31.4 Å². The molecule has 1 amide bonds. The molecule has 3 aromatic heterocycles. The average Bonchev–Trinajstić information content (AvgIpc) is 3.68. The smallest absolute Gasteiger partial charge is 0.360 e. The van der Waals surface area contributed by atoms with Gasteiger partial charge < -0.3 is 18.9 Å². The molecular formula is C28H31N5O5S. The van der Waals surface area contributed by atoms with Crippen molar-refractivity contribution < 1.29 is 23.6 Å². The molecule has 0 aliphatic carbocycles. The number of amides is 1. The first-order valence-corrected chi connectivity index (χ1v) is 13.8. The summed E-state index contributed by atoms with van der Waals surface area (Å²) in [6.45, 7) is 7.22. The number of carbonyl (C=O) groups is 2. The molecule has 0 unspecified atom stereocenters. The quantitative estimate of drug-likeness (QED) is 0.295. The molecule has 1 fully saturated rings. The molecule has 204 valence electrons. The molecule has 0 bridgehead atoms. The number of hydrogen-bond donors (Lipinski definition) is 0. The van der Waals surface area contributed by atoms with Crippen LogP contribution < -0.4 is 4.74 Å². The number of aromatic nitrogens is 4. The minimum atomic E-state index is -0.520. The number of esters is 1. The minimum Gasteiger partial charge on any atom is -0.497 e. The number of nitrogens with zero attached hydrogens (tertiary/aromatic N) is 5. The molecule has 11 heteroatoms. The van der Waals surface area contributed by atoms with E-state index in [9.17, 15) is 9.59 Å². The molecule has 1 aliphatic rings. The Morgan fingerprint density at radius 1 is 1.18 bits per heavy atom. The van der Waals surface area contributed by atoms with Crippen molar-refractivity contribution in [3.05, 3.63) is 57.3 Å². The molecule has 1 aliphatic heterocycles. The molecule has 1 aromatic carbocycles. The van der Waals surface area contributed by atoms with Crippen molar-refractivity contribution >= 4 is 23.2 Å². The van der Waals surface area contributed by atoms with Gasteiger partial charge in [0.05, 0.1) is 30.0 Å². The fourth-order valence-corrected chi connectivity index (χ4v) is 5.97. The Morgan fingerprint density at radius 3 is 2.62 bits per heavy atom. The van der Waals surface area contributed by atoms with Crippen molar-refractivity contribution in [1.29, 1.82) is 0 Å². The van der Waals surface area contributed by atoms with Crippen LogP contribution in [-0.2, 0) is 11.8 Å². The largest absolute Gasteiger partial charge is 0.497 e. The van der Waals surface area contributed by atoms with E-state index in [2.05, 4.69) is 10.3 Å². The second-order valence-electron chi connectivity index (χ2n) is 9.52. The summed E-state index contributed by atoms with van der Waals surface area (Å²) in [5.41, 5.74) is 5.12. The maximum atomic E-state index is 13.8. The second-order valence-corrected chi connectivity index (χ2v) is 10.4. The van der Waals surface area contributed by atoms with Gasteiger partial charge in [0.25, 0.3) is 5.91 Å². The van der Waals surface area contributed by atoms with Crippen molar-refractivity contribution in [1.82, 2.24) is 24.8 Å². The van der Waals surface area contributed by atoms with Gasteiger partial charge in [-0.2, -0.15) is 5.10 Å². The summed E-state index contributed by atoms with van der Waals surface area (Å²) in [4.78, 5) is 32.4. The molecule has 0 N–H and O–H groups in total. The highest BCUT2D eigenvalue weighted by Crippen LogP contribution is 2.36. The zero-order chi connectivity index (χ0) is 27.7. The van der Waals surface area contributed by atoms with Gasteiger partial charge in [-0.15, -0.1) is 11.3 Å². The molecule has 39 heavy (non-hydrogen) atoms. The van der Waals surface area contributed by atoms with E-state index in [4.69, 9.17) is 19.0 Å². The van der Waals surface area contributed by atoms with E-state index in [1.807, 2.05) is 54.1 Å². The van der Waals surface area contributed by atoms with E-state index in [0.29, 0.717) is 35.9 Å². The van der Waals surface area contributed by atoms with Gasteiger partial charge in [-0.25, -0.2) is 9.78 Å². The first-order valence-electron chi connectivity index (χ1n) is 12.9. The predicted octanol–water partition coefficient (Wildman–Crippen LogP) is 5.02. The summed E-state index contributed by atoms with van der Waals surface area (Å²) in [6, 6.07) is 7.21. The monoisotopic (exact) mass is 549 g/mol. The average molecular weight is 550 g/mol. The summed E-state index contributed by atoms with van der Waals surface area (Å²) >= 11 is 1.55. The van der Waals surface area contributed by atoms with Crippen LogP contribution >= 0.6 is 11.3 Å². The summed E-state index contributed by atoms with van der Waals surface area (Å²) in [7, 11) is 3.52. The number of piperidine rings is 1. The maximum absolute atomic E-state index is 13.8. The number of rotatable bonds is 7. The van der Waals surface area contributed by atoms with Crippen molar-refractivity contribution in [2.75, 3.05) is 26.8 Å². The number of methoxy groups -OCH3 is 1. The lowest BCUT2D eigenvalue weighted by atomic mass is 9.94. The van der Waals surface area contributed by atoms with Gasteiger partial charge in [-0.1, -0.05) is 5.16 Å². The molecule has 0 atom stereocenters. The highest BCUT2D eigenvalue weighted by molar-refractivity contribution is 7.10. The van der Waals surface area contributed by atoms with Gasteiger partial charge in [0, 0.05) is 48.8 Å². The lowest BCUT2D eigenvalue weighted by molar-refractivity contribution is 0.0514. The number of hydrogen-bond acceptors (Lipinski definition) is 9. The van der Waals surface area contributed by atoms with Gasteiger partial charge in [-0.3, -0.25) is 9.48 Å². The number of likely N-dealkylation sites (tertiary alicyclic amines) is 1. The van der Waals surface area contributed by atoms with E-state index in [-0.39, 0.29) is 24.1 Å². The van der Waals surface area contributed by atoms with E-state index < -0.39 is 5.97 Å². The zero-order valence-corrected chi connectivity index (χ0v) is 23.5. The molecule has 0 saturated carbocycles. The maximum Gasteiger partial charge on any atom is 0.360 e. The standard InChI is InChI=1S/C28H31N5O5S/c1-6-37-28(35)22-14-24(38-31-22)23-15-39-26(29-23)18-9-11-33(12-10-18)27(34)21-13-19(36-5)7-8-20(21)25-16(2)30-32(4)17(25)3/h7-8,13-15,18H,6,9-12H2,1-5H3. The molecule has 4 heterocycles. The van der Waals surface area contributed by atoms with Gasteiger partial charge in [0.1, 0.15) is 11.4 Å². The molecule has 1 saturated heterocycles. The molecule has 0 spiro atoms. The van der Waals surface area contributed by atoms with Gasteiger partial charge in [0.2, 0.25) is 0 Å². The topological polar surface area (TPSA) is 113 Å². The second kappa shape index (κ2) is 11.0. The van der Waals surface area contributed by atoms with Crippen LogP contribution in [0.5, 0.6) is 5.75 Å². The van der Waals surface area contributed by atoms with Gasteiger partial charge >= 0.3 is 5.97 Å². The summed E-state index contributed by atoms with van der Waals surface area (Å²) in [5, 5.41) is 11.2.